The minimum atomic E-state index is -0.860. The predicted molar refractivity (Wildman–Crippen MR) is 64.3 cm³/mol. The Labute approximate surface area is 127 Å². The van der Waals surface area contributed by atoms with Crippen molar-refractivity contribution in [3.8, 4) is 0 Å². The van der Waals surface area contributed by atoms with Gasteiger partial charge in [0, 0.05) is 13.0 Å². The summed E-state index contributed by atoms with van der Waals surface area (Å²) in [5, 5.41) is 11.4. The van der Waals surface area contributed by atoms with Crippen molar-refractivity contribution in [3.63, 3.8) is 0 Å². The number of unbranched alkanes of at least 4 members (excludes halogenated alkanes) is 1. The van der Waals surface area contributed by atoms with Crippen LogP contribution in [-0.2, 0) is 9.59 Å². The zero-order valence-corrected chi connectivity index (χ0v) is 13.5. The number of carboxylic acid groups (broad SMARTS) is 1. The Hall–Kier alpha value is -0.0600. The quantitative estimate of drug-likeness (QED) is 0.562. The van der Waals surface area contributed by atoms with Crippen LogP contribution in [0.2, 0.25) is 0 Å². The van der Waals surface area contributed by atoms with Crippen LogP contribution in [0.5, 0.6) is 0 Å². The number of rotatable bonds is 8. The molecule has 2 N–H and O–H groups in total. The van der Waals surface area contributed by atoms with Gasteiger partial charge in [0.1, 0.15) is 0 Å². The van der Waals surface area contributed by atoms with Crippen LogP contribution in [0, 0.1) is 5.92 Å². The summed E-state index contributed by atoms with van der Waals surface area (Å²) in [7, 11) is 0. The van der Waals surface area contributed by atoms with E-state index in [-0.39, 0.29) is 49.4 Å². The number of aliphatic carboxylic acids is 1. The predicted octanol–water partition coefficient (Wildman–Crippen LogP) is -0.701. The van der Waals surface area contributed by atoms with Gasteiger partial charge in [-0.3, -0.25) is 9.59 Å². The molecule has 0 saturated heterocycles. The number of amides is 1. The van der Waals surface area contributed by atoms with Gasteiger partial charge in [-0.2, -0.15) is 0 Å². The first kappa shape index (κ1) is 19.3. The molecule has 0 rings (SSSR count). The molecule has 0 aromatic rings. The number of carbonyl (C=O) groups excluding carboxylic acids is 1. The zero-order valence-electron chi connectivity index (χ0n) is 12.5. The summed E-state index contributed by atoms with van der Waals surface area (Å²) in [6, 6.07) is -0.234. The van der Waals surface area contributed by atoms with Crippen molar-refractivity contribution < 1.29 is 45.7 Å². The van der Waals surface area contributed by atoms with Gasteiger partial charge >= 0.3 is 35.5 Å². The van der Waals surface area contributed by atoms with Gasteiger partial charge in [0.2, 0.25) is 5.91 Å². The molecule has 0 fully saturated rings. The molecule has 0 spiro atoms. The molecule has 17 heavy (non-hydrogen) atoms. The normalized spacial score (nSPS) is 13.4. The van der Waals surface area contributed by atoms with Crippen LogP contribution in [0.1, 0.15) is 54.3 Å². The molecule has 0 aliphatic rings. The first-order valence-electron chi connectivity index (χ1n) is 5.94. The van der Waals surface area contributed by atoms with Crippen molar-refractivity contribution in [1.29, 1.82) is 0 Å². The second-order valence-corrected chi connectivity index (χ2v) is 4.48. The van der Waals surface area contributed by atoms with Crippen LogP contribution >= 0.6 is 0 Å². The summed E-state index contributed by atoms with van der Waals surface area (Å²) in [5.41, 5.74) is 0. The third-order valence-electron chi connectivity index (χ3n) is 2.57. The Morgan fingerprint density at radius 3 is 2.41 bits per heavy atom. The number of carboxylic acids is 1. The summed E-state index contributed by atoms with van der Waals surface area (Å²) in [4.78, 5) is 21.6. The second-order valence-electron chi connectivity index (χ2n) is 4.48. The van der Waals surface area contributed by atoms with E-state index in [0.717, 1.165) is 25.7 Å². The molecule has 0 heterocycles. The monoisotopic (exact) mass is 253 g/mol. The number of nitrogens with one attached hydrogen (secondary N) is 1. The number of carbonyl (C=O) groups is 2. The summed E-state index contributed by atoms with van der Waals surface area (Å²) < 4.78 is 0. The second kappa shape index (κ2) is 11.1. The van der Waals surface area contributed by atoms with E-state index in [2.05, 4.69) is 19.2 Å². The smallest absolute Gasteiger partial charge is 1.00 e. The molecule has 0 unspecified atom stereocenters. The van der Waals surface area contributed by atoms with Gasteiger partial charge in [0.15, 0.2) is 0 Å². The van der Waals surface area contributed by atoms with Gasteiger partial charge in [0.05, 0.1) is 6.42 Å². The topological polar surface area (TPSA) is 66.4 Å². The molecule has 0 bridgehead atoms. The molecule has 4 nitrogen and oxygen atoms in total. The van der Waals surface area contributed by atoms with E-state index in [9.17, 15) is 9.59 Å². The Morgan fingerprint density at radius 2 is 2.00 bits per heavy atom. The average Bonchev–Trinajstić information content (AvgIpc) is 2.12. The molecule has 96 valence electrons. The Morgan fingerprint density at radius 1 is 1.41 bits per heavy atom. The molecule has 2 atom stereocenters. The largest absolute Gasteiger partial charge is 1.00 e. The molecule has 1 amide bonds. The van der Waals surface area contributed by atoms with Gasteiger partial charge < -0.3 is 11.8 Å². The maximum Gasteiger partial charge on any atom is 1.00 e. The molecule has 0 saturated carbocycles. The fraction of sp³-hybridized carbons (Fsp3) is 0.833. The van der Waals surface area contributed by atoms with E-state index in [1.54, 1.807) is 0 Å². The van der Waals surface area contributed by atoms with Crippen molar-refractivity contribution in [2.24, 2.45) is 5.92 Å². The molecular formula is C12H24NNaO3. The average molecular weight is 253 g/mol. The van der Waals surface area contributed by atoms with Crippen molar-refractivity contribution in [2.45, 2.75) is 58.9 Å². The van der Waals surface area contributed by atoms with Gasteiger partial charge in [-0.15, -0.1) is 0 Å². The van der Waals surface area contributed by atoms with Crippen molar-refractivity contribution >= 4 is 11.9 Å². The molecule has 0 radical (unpaired) electrons. The molecule has 0 aliphatic heterocycles. The summed E-state index contributed by atoms with van der Waals surface area (Å²) in [5.74, 6) is -0.563. The number of hydrogen-bond acceptors (Lipinski definition) is 2. The van der Waals surface area contributed by atoms with Crippen LogP contribution in [0.3, 0.4) is 0 Å². The van der Waals surface area contributed by atoms with Crippen molar-refractivity contribution in [1.82, 2.24) is 5.32 Å². The third-order valence-corrected chi connectivity index (χ3v) is 2.57. The van der Waals surface area contributed by atoms with Crippen LogP contribution in [0.15, 0.2) is 0 Å². The fourth-order valence-corrected chi connectivity index (χ4v) is 1.85. The SMILES string of the molecule is CCCC[C@@H](C)C[C@@H](CC(=O)O)NC(C)=O.[H-].[Na+]. The molecule has 5 heteroatoms. The van der Waals surface area contributed by atoms with E-state index in [4.69, 9.17) is 5.11 Å². The Balaban J connectivity index is -0.00000112. The molecular weight excluding hydrogens is 229 g/mol. The number of hydrogen-bond donors (Lipinski definition) is 2. The van der Waals surface area contributed by atoms with Crippen LogP contribution in [-0.4, -0.2) is 23.0 Å². The van der Waals surface area contributed by atoms with Crippen LogP contribution in [0.4, 0.5) is 0 Å². The Bertz CT molecular complexity index is 223. The zero-order chi connectivity index (χ0) is 12.6. The van der Waals surface area contributed by atoms with Crippen LogP contribution in [0.25, 0.3) is 0 Å². The molecule has 0 aromatic heterocycles. The molecule has 0 aliphatic carbocycles. The third kappa shape index (κ3) is 12.2. The maximum absolute atomic E-state index is 10.9. The molecule has 0 aromatic carbocycles. The Kier molecular flexibility index (Phi) is 12.5. The van der Waals surface area contributed by atoms with Gasteiger partial charge in [-0.25, -0.2) is 0 Å². The minimum absolute atomic E-state index is 0. The standard InChI is InChI=1S/C12H23NO3.Na.H/c1-4-5-6-9(2)7-11(8-12(15)16)13-10(3)14;;/h9,11H,4-8H2,1-3H3,(H,13,14)(H,15,16);;/q;+1;-1/t9-,11+;;/m1../s1. The first-order chi connectivity index (χ1) is 7.45. The summed E-state index contributed by atoms with van der Waals surface area (Å²) in [6.45, 7) is 5.66. The van der Waals surface area contributed by atoms with E-state index in [1.165, 1.54) is 6.92 Å². The van der Waals surface area contributed by atoms with Crippen molar-refractivity contribution in [3.05, 3.63) is 0 Å². The van der Waals surface area contributed by atoms with Crippen molar-refractivity contribution in [2.75, 3.05) is 0 Å². The summed E-state index contributed by atoms with van der Waals surface area (Å²) >= 11 is 0. The maximum atomic E-state index is 10.9. The van der Waals surface area contributed by atoms with E-state index >= 15 is 0 Å². The van der Waals surface area contributed by atoms with Gasteiger partial charge in [-0.05, 0) is 12.3 Å². The van der Waals surface area contributed by atoms with Gasteiger partial charge in [0.25, 0.3) is 0 Å². The van der Waals surface area contributed by atoms with E-state index in [1.807, 2.05) is 0 Å². The van der Waals surface area contributed by atoms with Crippen LogP contribution < -0.4 is 34.9 Å². The summed E-state index contributed by atoms with van der Waals surface area (Å²) in [6.07, 6.45) is 4.14. The fourth-order valence-electron chi connectivity index (χ4n) is 1.85. The van der Waals surface area contributed by atoms with E-state index in [0.29, 0.717) is 5.92 Å². The van der Waals surface area contributed by atoms with E-state index < -0.39 is 5.97 Å². The first-order valence-corrected chi connectivity index (χ1v) is 5.94. The minimum Gasteiger partial charge on any atom is -1.00 e. The van der Waals surface area contributed by atoms with Gasteiger partial charge in [-0.1, -0.05) is 33.1 Å².